The zero-order chi connectivity index (χ0) is 96.0. The van der Waals surface area contributed by atoms with E-state index in [-0.39, 0.29) is 0 Å². The van der Waals surface area contributed by atoms with Crippen molar-refractivity contribution in [3.8, 4) is 67.4 Å². The summed E-state index contributed by atoms with van der Waals surface area (Å²) in [5.41, 5.74) is 36.0. The first-order valence-electron chi connectivity index (χ1n) is 49.8. The number of aromatic nitrogens is 2. The molecule has 0 spiro atoms. The number of para-hydroxylation sites is 2. The molecule has 144 heavy (non-hydrogen) atoms. The topological polar surface area (TPSA) is 53.3 Å². The lowest BCUT2D eigenvalue weighted by Gasteiger charge is -2.34. The molecule has 2 unspecified atom stereocenters. The molecule has 2 aromatic heterocycles. The average molecular weight is 1860 g/mol. The standard InChI is InChI=1S/C136H102N4O4/c1-3-93-53-73-113(74-54-93)143-83-81-135(105-29-7-5-8-30-105)125-39-19-15-35-117(125)119-77-71-111(87-127(119)135)137(129-43-23-27-101-25-11-13-33-115(101)129)107-67-57-99(58-68-107)103-61-79-133-123(85-103)121-37-17-21-41-131(121)139(133)109-63-49-97(50-64-109)91-141-89-95-45-47-96(48-46-95)90-142-92-98-51-65-110(66-52-98)140-132-42-22-18-38-122(132)124-86-104(62-80-134(124)140)100-59-69-108(70-60-100)138(130-44-24-28-102-26-12-14-34-116(102)130)112-72-78-120-118-36-16-20-40-126(118)136(128(120)88-112,106-31-9-6-10-32-106)82-84-144-114-75-55-94(4-2)56-76-114/h3-80,85-88H,1-2,81-84,89-92H2. The molecule has 25 rings (SSSR count). The fourth-order valence-corrected chi connectivity index (χ4v) is 22.8. The van der Waals surface area contributed by atoms with Gasteiger partial charge in [0.1, 0.15) is 11.5 Å². The van der Waals surface area contributed by atoms with E-state index >= 15 is 0 Å². The van der Waals surface area contributed by atoms with Crippen LogP contribution in [-0.2, 0) is 46.7 Å². The van der Waals surface area contributed by atoms with E-state index in [2.05, 4.69) is 493 Å². The lowest BCUT2D eigenvalue weighted by atomic mass is 9.70. The Morgan fingerprint density at radius 2 is 0.569 bits per heavy atom. The van der Waals surface area contributed by atoms with Crippen LogP contribution in [0.5, 0.6) is 11.5 Å². The predicted molar refractivity (Wildman–Crippen MR) is 597 cm³/mol. The quantitative estimate of drug-likeness (QED) is 0.0447. The molecule has 2 aliphatic carbocycles. The summed E-state index contributed by atoms with van der Waals surface area (Å²) in [5.74, 6) is 1.68. The molecule has 0 saturated heterocycles. The number of nitrogens with zero attached hydrogens (tertiary/aromatic N) is 4. The SMILES string of the molecule is C=Cc1ccc(OCCC2(c3ccccc3)c3ccccc3-c3ccc(N(c4ccc(-c5ccc6c(c5)c5ccccc5n6-c5ccc(COCc6ccc(COCc7ccc(-n8c9ccccc9c9cc(-c%10ccc(N(c%11ccc%12c(c%11)C(CCOc%11ccc(C=C)cc%11)(c%11ccccc%11)c%11ccccc%11-%12)c%11cccc%12ccccc%11%12)cc%10)ccc98)cc7)cc6)cc5)cc4)c4cccc5ccccc45)cc32)cc1. The molecule has 2 atom stereocenters. The summed E-state index contributed by atoms with van der Waals surface area (Å²) in [6.07, 6.45) is 5.19. The van der Waals surface area contributed by atoms with E-state index in [1.54, 1.807) is 0 Å². The van der Waals surface area contributed by atoms with E-state index < -0.39 is 10.8 Å². The maximum absolute atomic E-state index is 6.66. The van der Waals surface area contributed by atoms with Crippen molar-refractivity contribution in [2.45, 2.75) is 50.1 Å². The molecule has 0 N–H and O–H groups in total. The van der Waals surface area contributed by atoms with Crippen molar-refractivity contribution in [3.63, 3.8) is 0 Å². The molecule has 8 heteroatoms. The second-order valence-electron chi connectivity index (χ2n) is 37.9. The van der Waals surface area contributed by atoms with Crippen LogP contribution in [0, 0.1) is 0 Å². The Kier molecular flexibility index (Phi) is 23.1. The van der Waals surface area contributed by atoms with Crippen molar-refractivity contribution >= 4 is 111 Å². The summed E-state index contributed by atoms with van der Waals surface area (Å²) in [6, 6.07) is 177. The number of hydrogen-bond donors (Lipinski definition) is 0. The van der Waals surface area contributed by atoms with Crippen molar-refractivity contribution in [2.75, 3.05) is 23.0 Å². The molecule has 0 saturated carbocycles. The number of ether oxygens (including phenoxy) is 4. The van der Waals surface area contributed by atoms with E-state index in [0.717, 1.165) is 148 Å². The lowest BCUT2D eigenvalue weighted by Crippen LogP contribution is -2.29. The Bertz CT molecular complexity index is 8250. The highest BCUT2D eigenvalue weighted by Gasteiger charge is 2.47. The van der Waals surface area contributed by atoms with Gasteiger partial charge in [-0.3, -0.25) is 0 Å². The van der Waals surface area contributed by atoms with Gasteiger partial charge in [0, 0.05) is 77.3 Å². The number of benzene rings is 21. The Balaban J connectivity index is 0.421. The van der Waals surface area contributed by atoms with Crippen LogP contribution in [-0.4, -0.2) is 22.3 Å². The van der Waals surface area contributed by atoms with E-state index in [1.165, 1.54) is 98.7 Å². The zero-order valence-electron chi connectivity index (χ0n) is 79.8. The molecular formula is C136H102N4O4. The highest BCUT2D eigenvalue weighted by Crippen LogP contribution is 2.59. The Morgan fingerprint density at radius 3 is 0.972 bits per heavy atom. The van der Waals surface area contributed by atoms with Crippen molar-refractivity contribution in [3.05, 3.63) is 565 Å². The van der Waals surface area contributed by atoms with Crippen LogP contribution in [0.25, 0.3) is 133 Å². The minimum atomic E-state index is -0.499. The molecule has 8 nitrogen and oxygen atoms in total. The van der Waals surface area contributed by atoms with Gasteiger partial charge in [0.15, 0.2) is 0 Å². The van der Waals surface area contributed by atoms with E-state index in [9.17, 15) is 0 Å². The monoisotopic (exact) mass is 1850 g/mol. The summed E-state index contributed by atoms with van der Waals surface area (Å²) in [6.45, 7) is 10.9. The van der Waals surface area contributed by atoms with Gasteiger partial charge < -0.3 is 37.9 Å². The van der Waals surface area contributed by atoms with E-state index in [0.29, 0.717) is 39.6 Å². The first-order chi connectivity index (χ1) is 71.2. The van der Waals surface area contributed by atoms with Crippen LogP contribution in [0.2, 0.25) is 0 Å². The van der Waals surface area contributed by atoms with Crippen molar-refractivity contribution in [1.82, 2.24) is 9.13 Å². The summed E-state index contributed by atoms with van der Waals surface area (Å²) in [4.78, 5) is 4.90. The second kappa shape index (κ2) is 37.8. The van der Waals surface area contributed by atoms with Gasteiger partial charge >= 0.3 is 0 Å². The van der Waals surface area contributed by atoms with E-state index in [4.69, 9.17) is 18.9 Å². The van der Waals surface area contributed by atoms with Crippen molar-refractivity contribution in [1.29, 1.82) is 0 Å². The minimum absolute atomic E-state index is 0.486. The Morgan fingerprint density at radius 1 is 0.243 bits per heavy atom. The molecule has 0 fully saturated rings. The summed E-state index contributed by atoms with van der Waals surface area (Å²) in [5, 5.41) is 9.51. The van der Waals surface area contributed by atoms with Crippen LogP contribution in [0.1, 0.15) is 79.6 Å². The van der Waals surface area contributed by atoms with Gasteiger partial charge in [0.2, 0.25) is 0 Å². The number of rotatable bonds is 30. The Labute approximate surface area is 839 Å². The van der Waals surface area contributed by atoms with Crippen LogP contribution in [0.3, 0.4) is 0 Å². The molecule has 23 aromatic rings. The number of hydrogen-bond acceptors (Lipinski definition) is 6. The van der Waals surface area contributed by atoms with Gasteiger partial charge in [0.05, 0.1) is 73.1 Å². The first kappa shape index (κ1) is 87.8. The molecule has 2 aliphatic rings. The molecule has 690 valence electrons. The normalized spacial score (nSPS) is 13.9. The first-order valence-corrected chi connectivity index (χ1v) is 49.8. The summed E-state index contributed by atoms with van der Waals surface area (Å²) >= 11 is 0. The summed E-state index contributed by atoms with van der Waals surface area (Å²) in [7, 11) is 0. The maximum atomic E-state index is 6.66. The fraction of sp³-hybridized carbons (Fsp3) is 0.0735. The van der Waals surface area contributed by atoms with Gasteiger partial charge in [-0.05, 0) is 280 Å². The van der Waals surface area contributed by atoms with Gasteiger partial charge in [-0.25, -0.2) is 0 Å². The van der Waals surface area contributed by atoms with Crippen LogP contribution in [0.4, 0.5) is 34.1 Å². The third-order valence-electron chi connectivity index (χ3n) is 29.8. The van der Waals surface area contributed by atoms with Gasteiger partial charge in [-0.1, -0.05) is 365 Å². The fourth-order valence-electron chi connectivity index (χ4n) is 22.8. The number of anilines is 6. The molecule has 2 heterocycles. The van der Waals surface area contributed by atoms with Crippen molar-refractivity contribution < 1.29 is 18.9 Å². The largest absolute Gasteiger partial charge is 0.494 e. The maximum Gasteiger partial charge on any atom is 0.119 e. The smallest absolute Gasteiger partial charge is 0.119 e. The zero-order valence-corrected chi connectivity index (χ0v) is 79.8. The molecule has 0 amide bonds. The molecular weight excluding hydrogens is 1750 g/mol. The van der Waals surface area contributed by atoms with Gasteiger partial charge in [0.25, 0.3) is 0 Å². The van der Waals surface area contributed by atoms with Gasteiger partial charge in [-0.15, -0.1) is 0 Å². The second-order valence-corrected chi connectivity index (χ2v) is 37.9. The molecule has 0 radical (unpaired) electrons. The molecule has 0 aliphatic heterocycles. The Hall–Kier alpha value is -17.7. The highest BCUT2D eigenvalue weighted by molar-refractivity contribution is 6.12. The van der Waals surface area contributed by atoms with E-state index in [1.807, 2.05) is 36.4 Å². The van der Waals surface area contributed by atoms with Gasteiger partial charge in [-0.2, -0.15) is 0 Å². The summed E-state index contributed by atoms with van der Waals surface area (Å²) < 4.78 is 30.9. The minimum Gasteiger partial charge on any atom is -0.494 e. The third kappa shape index (κ3) is 16.0. The van der Waals surface area contributed by atoms with Crippen LogP contribution in [0.15, 0.2) is 498 Å². The lowest BCUT2D eigenvalue weighted by molar-refractivity contribution is 0.105. The molecule has 0 bridgehead atoms. The average Bonchev–Trinajstić information content (AvgIpc) is 1.55. The predicted octanol–water partition coefficient (Wildman–Crippen LogP) is 34.7. The van der Waals surface area contributed by atoms with Crippen LogP contribution < -0.4 is 19.3 Å². The molecule has 21 aromatic carbocycles. The third-order valence-corrected chi connectivity index (χ3v) is 29.8. The highest BCUT2D eigenvalue weighted by atomic mass is 16.5. The number of fused-ring (bicyclic) bond motifs is 14. The van der Waals surface area contributed by atoms with Crippen LogP contribution >= 0.6 is 0 Å². The van der Waals surface area contributed by atoms with Crippen molar-refractivity contribution in [2.24, 2.45) is 0 Å².